The lowest BCUT2D eigenvalue weighted by Crippen LogP contribution is -2.28. The van der Waals surface area contributed by atoms with E-state index < -0.39 is 17.7 Å². The van der Waals surface area contributed by atoms with Crippen LogP contribution in [0.3, 0.4) is 0 Å². The van der Waals surface area contributed by atoms with Gasteiger partial charge in [0.05, 0.1) is 11.6 Å². The Morgan fingerprint density at radius 3 is 2.53 bits per heavy atom. The standard InChI is InChI=1S/C29H24N2O4S/c1-19-5-2-6-20(15-19)18-35-23-11-9-22(10-12-23)27(32)25-26(24-8-4-14-36-24)31(29(34)28(25)33)17-21-7-3-13-30-16-21/h2-16,26,32H,17-18H2,1H3/t26-/m0/s1. The zero-order valence-electron chi connectivity index (χ0n) is 19.6. The van der Waals surface area contributed by atoms with Gasteiger partial charge in [0.1, 0.15) is 18.1 Å². The first-order valence-electron chi connectivity index (χ1n) is 11.5. The fraction of sp³-hybridized carbons (Fsp3) is 0.138. The van der Waals surface area contributed by atoms with E-state index in [0.717, 1.165) is 21.6 Å². The molecule has 5 rings (SSSR count). The minimum Gasteiger partial charge on any atom is -0.507 e. The van der Waals surface area contributed by atoms with Crippen molar-refractivity contribution in [2.75, 3.05) is 0 Å². The molecule has 4 aromatic rings. The van der Waals surface area contributed by atoms with E-state index >= 15 is 0 Å². The van der Waals surface area contributed by atoms with Gasteiger partial charge in [0.2, 0.25) is 0 Å². The van der Waals surface area contributed by atoms with Gasteiger partial charge in [-0.15, -0.1) is 11.3 Å². The Balaban J connectivity index is 1.43. The highest BCUT2D eigenvalue weighted by Crippen LogP contribution is 2.42. The number of amides is 1. The van der Waals surface area contributed by atoms with Crippen LogP contribution >= 0.6 is 11.3 Å². The molecule has 1 atom stereocenters. The Labute approximate surface area is 213 Å². The van der Waals surface area contributed by atoms with Crippen LogP contribution in [0.4, 0.5) is 0 Å². The molecule has 0 spiro atoms. The van der Waals surface area contributed by atoms with Crippen molar-refractivity contribution in [2.24, 2.45) is 0 Å². The van der Waals surface area contributed by atoms with Gasteiger partial charge in [-0.2, -0.15) is 0 Å². The first-order chi connectivity index (χ1) is 17.5. The molecule has 1 amide bonds. The van der Waals surface area contributed by atoms with E-state index in [1.807, 2.05) is 48.7 Å². The SMILES string of the molecule is Cc1cccc(COc2ccc(C(O)=C3C(=O)C(=O)N(Cc4cccnc4)[C@H]3c3cccs3)cc2)c1. The summed E-state index contributed by atoms with van der Waals surface area (Å²) in [6.45, 7) is 2.67. The van der Waals surface area contributed by atoms with Gasteiger partial charge in [-0.3, -0.25) is 14.6 Å². The summed E-state index contributed by atoms with van der Waals surface area (Å²) in [6, 6.07) is 21.7. The van der Waals surface area contributed by atoms with Gasteiger partial charge >= 0.3 is 0 Å². The number of Topliss-reactive ketones (excluding diaryl/α,β-unsaturated/α-hetero) is 1. The Kier molecular flexibility index (Phi) is 6.64. The molecular weight excluding hydrogens is 472 g/mol. The van der Waals surface area contributed by atoms with Crippen molar-refractivity contribution in [3.05, 3.63) is 123 Å². The summed E-state index contributed by atoms with van der Waals surface area (Å²) in [5.74, 6) is -0.906. The Morgan fingerprint density at radius 2 is 1.83 bits per heavy atom. The third kappa shape index (κ3) is 4.78. The number of benzene rings is 2. The van der Waals surface area contributed by atoms with Gasteiger partial charge < -0.3 is 14.7 Å². The quantitative estimate of drug-likeness (QED) is 0.203. The fourth-order valence-electron chi connectivity index (χ4n) is 4.31. The predicted molar refractivity (Wildman–Crippen MR) is 138 cm³/mol. The molecule has 3 heterocycles. The zero-order chi connectivity index (χ0) is 25.1. The van der Waals surface area contributed by atoms with Crippen molar-refractivity contribution in [1.82, 2.24) is 9.88 Å². The number of hydrogen-bond donors (Lipinski definition) is 1. The number of nitrogens with zero attached hydrogens (tertiary/aromatic N) is 2. The smallest absolute Gasteiger partial charge is 0.295 e. The van der Waals surface area contributed by atoms with Crippen LogP contribution in [-0.2, 0) is 22.7 Å². The van der Waals surface area contributed by atoms with E-state index in [0.29, 0.717) is 17.9 Å². The third-order valence-corrected chi connectivity index (χ3v) is 6.97. The average molecular weight is 497 g/mol. The molecule has 0 saturated carbocycles. The van der Waals surface area contributed by atoms with Crippen LogP contribution in [0.25, 0.3) is 5.76 Å². The lowest BCUT2D eigenvalue weighted by atomic mass is 9.99. The number of likely N-dealkylation sites (tertiary alicyclic amines) is 1. The van der Waals surface area contributed by atoms with Crippen molar-refractivity contribution in [2.45, 2.75) is 26.1 Å². The van der Waals surface area contributed by atoms with Crippen molar-refractivity contribution in [3.63, 3.8) is 0 Å². The van der Waals surface area contributed by atoms with Crippen molar-refractivity contribution < 1.29 is 19.4 Å². The molecular formula is C29H24N2O4S. The predicted octanol–water partition coefficient (Wildman–Crippen LogP) is 5.65. The molecule has 1 aliphatic heterocycles. The maximum absolute atomic E-state index is 13.1. The molecule has 0 aliphatic carbocycles. The second kappa shape index (κ2) is 10.2. The number of carbonyl (C=O) groups is 2. The minimum atomic E-state index is -0.699. The van der Waals surface area contributed by atoms with Crippen LogP contribution < -0.4 is 4.74 Å². The molecule has 0 radical (unpaired) electrons. The summed E-state index contributed by atoms with van der Waals surface area (Å²) in [7, 11) is 0. The molecule has 1 fully saturated rings. The maximum atomic E-state index is 13.1. The normalized spacial score (nSPS) is 16.9. The van der Waals surface area contributed by atoms with Gasteiger partial charge in [-0.05, 0) is 59.8 Å². The second-order valence-electron chi connectivity index (χ2n) is 8.61. The van der Waals surface area contributed by atoms with E-state index in [1.165, 1.54) is 16.2 Å². The Bertz CT molecular complexity index is 1410. The monoisotopic (exact) mass is 496 g/mol. The van der Waals surface area contributed by atoms with Gasteiger partial charge in [-0.1, -0.05) is 42.0 Å². The van der Waals surface area contributed by atoms with Crippen LogP contribution in [-0.4, -0.2) is 26.7 Å². The number of rotatable bonds is 7. The largest absolute Gasteiger partial charge is 0.507 e. The van der Waals surface area contributed by atoms with Gasteiger partial charge in [0.15, 0.2) is 0 Å². The molecule has 180 valence electrons. The number of pyridine rings is 1. The number of aliphatic hydroxyl groups excluding tert-OH is 1. The van der Waals surface area contributed by atoms with Crippen LogP contribution in [0.15, 0.2) is 96.1 Å². The van der Waals surface area contributed by atoms with E-state index in [-0.39, 0.29) is 17.9 Å². The van der Waals surface area contributed by atoms with Crippen LogP contribution in [0, 0.1) is 6.92 Å². The molecule has 7 heteroatoms. The molecule has 1 saturated heterocycles. The Morgan fingerprint density at radius 1 is 1.03 bits per heavy atom. The highest BCUT2D eigenvalue weighted by atomic mass is 32.1. The lowest BCUT2D eigenvalue weighted by Gasteiger charge is -2.24. The van der Waals surface area contributed by atoms with Crippen LogP contribution in [0.5, 0.6) is 5.75 Å². The second-order valence-corrected chi connectivity index (χ2v) is 9.59. The number of aryl methyl sites for hydroxylation is 1. The average Bonchev–Trinajstić information content (AvgIpc) is 3.51. The molecule has 1 aliphatic rings. The number of thiophene rings is 1. The fourth-order valence-corrected chi connectivity index (χ4v) is 5.15. The van der Waals surface area contributed by atoms with Crippen LogP contribution in [0.2, 0.25) is 0 Å². The number of aromatic nitrogens is 1. The number of aliphatic hydroxyl groups is 1. The summed E-state index contributed by atoms with van der Waals surface area (Å²) in [6.07, 6.45) is 3.32. The van der Waals surface area contributed by atoms with E-state index in [1.54, 1.807) is 42.7 Å². The summed E-state index contributed by atoms with van der Waals surface area (Å²) in [5.41, 5.74) is 3.55. The number of ether oxygens (including phenoxy) is 1. The molecule has 2 aromatic carbocycles. The summed E-state index contributed by atoms with van der Waals surface area (Å²) in [5, 5.41) is 13.1. The summed E-state index contributed by atoms with van der Waals surface area (Å²) < 4.78 is 5.88. The minimum absolute atomic E-state index is 0.0831. The van der Waals surface area contributed by atoms with Gasteiger partial charge in [0, 0.05) is 29.4 Å². The van der Waals surface area contributed by atoms with Crippen molar-refractivity contribution >= 4 is 28.8 Å². The van der Waals surface area contributed by atoms with Gasteiger partial charge in [-0.25, -0.2) is 0 Å². The zero-order valence-corrected chi connectivity index (χ0v) is 20.4. The molecule has 6 nitrogen and oxygen atoms in total. The maximum Gasteiger partial charge on any atom is 0.295 e. The van der Waals surface area contributed by atoms with E-state index in [2.05, 4.69) is 11.1 Å². The number of ketones is 1. The molecule has 0 unspecified atom stereocenters. The van der Waals surface area contributed by atoms with Crippen molar-refractivity contribution in [1.29, 1.82) is 0 Å². The summed E-state index contributed by atoms with van der Waals surface area (Å²) in [4.78, 5) is 32.6. The van der Waals surface area contributed by atoms with E-state index in [9.17, 15) is 14.7 Å². The molecule has 1 N–H and O–H groups in total. The van der Waals surface area contributed by atoms with Crippen molar-refractivity contribution in [3.8, 4) is 5.75 Å². The molecule has 36 heavy (non-hydrogen) atoms. The first kappa shape index (κ1) is 23.5. The topological polar surface area (TPSA) is 79.7 Å². The highest BCUT2D eigenvalue weighted by Gasteiger charge is 2.46. The van der Waals surface area contributed by atoms with Gasteiger partial charge in [0.25, 0.3) is 11.7 Å². The number of carbonyl (C=O) groups excluding carboxylic acids is 2. The summed E-state index contributed by atoms with van der Waals surface area (Å²) >= 11 is 1.44. The molecule has 0 bridgehead atoms. The van der Waals surface area contributed by atoms with E-state index in [4.69, 9.17) is 4.74 Å². The Hall–Kier alpha value is -4.23. The third-order valence-electron chi connectivity index (χ3n) is 6.04. The first-order valence-corrected chi connectivity index (χ1v) is 12.4. The lowest BCUT2D eigenvalue weighted by molar-refractivity contribution is -0.140. The highest BCUT2D eigenvalue weighted by molar-refractivity contribution is 7.10. The molecule has 2 aromatic heterocycles. The van der Waals surface area contributed by atoms with Crippen LogP contribution in [0.1, 0.15) is 33.2 Å². The number of hydrogen-bond acceptors (Lipinski definition) is 6.